The van der Waals surface area contributed by atoms with Gasteiger partial charge in [0.1, 0.15) is 0 Å². The first-order chi connectivity index (χ1) is 8.99. The van der Waals surface area contributed by atoms with Crippen molar-refractivity contribution in [3.8, 4) is 0 Å². The van der Waals surface area contributed by atoms with Gasteiger partial charge in [0.25, 0.3) is 0 Å². The minimum atomic E-state index is -0.199. The van der Waals surface area contributed by atoms with Gasteiger partial charge in [-0.2, -0.15) is 0 Å². The van der Waals surface area contributed by atoms with E-state index in [0.29, 0.717) is 24.9 Å². The Morgan fingerprint density at radius 2 is 1.79 bits per heavy atom. The molecule has 1 aliphatic rings. The van der Waals surface area contributed by atoms with E-state index in [2.05, 4.69) is 29.8 Å². The van der Waals surface area contributed by atoms with Crippen LogP contribution in [0.15, 0.2) is 0 Å². The molecular formula is C14H27N3O2. The van der Waals surface area contributed by atoms with Gasteiger partial charge >= 0.3 is 6.03 Å². The van der Waals surface area contributed by atoms with E-state index in [-0.39, 0.29) is 18.0 Å². The van der Waals surface area contributed by atoms with Gasteiger partial charge in [0, 0.05) is 25.0 Å². The van der Waals surface area contributed by atoms with Gasteiger partial charge in [-0.15, -0.1) is 0 Å². The molecule has 5 nitrogen and oxygen atoms in total. The molecule has 0 bridgehead atoms. The molecule has 0 aromatic carbocycles. The molecule has 5 heteroatoms. The van der Waals surface area contributed by atoms with Gasteiger partial charge in [0.05, 0.1) is 0 Å². The van der Waals surface area contributed by atoms with Crippen molar-refractivity contribution in [2.75, 3.05) is 6.54 Å². The van der Waals surface area contributed by atoms with Crippen LogP contribution in [0.5, 0.6) is 0 Å². The molecule has 0 heterocycles. The zero-order chi connectivity index (χ0) is 14.3. The van der Waals surface area contributed by atoms with Crippen molar-refractivity contribution in [1.82, 2.24) is 16.0 Å². The third-order valence-corrected chi connectivity index (χ3v) is 3.72. The van der Waals surface area contributed by atoms with Crippen LogP contribution in [0.1, 0.15) is 52.9 Å². The smallest absolute Gasteiger partial charge is 0.315 e. The van der Waals surface area contributed by atoms with Crippen molar-refractivity contribution in [1.29, 1.82) is 0 Å². The minimum Gasteiger partial charge on any atom is -0.353 e. The zero-order valence-corrected chi connectivity index (χ0v) is 12.3. The Balaban J connectivity index is 2.08. The minimum absolute atomic E-state index is 0.0316. The first kappa shape index (κ1) is 15.8. The molecule has 0 saturated heterocycles. The lowest BCUT2D eigenvalue weighted by Crippen LogP contribution is -2.44. The van der Waals surface area contributed by atoms with E-state index in [0.717, 1.165) is 12.8 Å². The third-order valence-electron chi connectivity index (χ3n) is 3.72. The Hall–Kier alpha value is -1.26. The molecule has 3 amide bonds. The summed E-state index contributed by atoms with van der Waals surface area (Å²) in [5.41, 5.74) is 0. The largest absolute Gasteiger partial charge is 0.353 e. The second-order valence-electron chi connectivity index (χ2n) is 5.73. The summed E-state index contributed by atoms with van der Waals surface area (Å²) < 4.78 is 0. The summed E-state index contributed by atoms with van der Waals surface area (Å²) in [4.78, 5) is 23.2. The molecule has 3 N–H and O–H groups in total. The van der Waals surface area contributed by atoms with Crippen LogP contribution in [-0.2, 0) is 4.79 Å². The monoisotopic (exact) mass is 269 g/mol. The fourth-order valence-corrected chi connectivity index (χ4v) is 2.08. The number of amides is 3. The predicted molar refractivity (Wildman–Crippen MR) is 75.9 cm³/mol. The summed E-state index contributed by atoms with van der Waals surface area (Å²) in [6, 6.07) is 0.282. The summed E-state index contributed by atoms with van der Waals surface area (Å²) in [5, 5.41) is 8.56. The molecule has 1 saturated carbocycles. The van der Waals surface area contributed by atoms with E-state index in [1.807, 2.05) is 6.92 Å². The Morgan fingerprint density at radius 3 is 2.37 bits per heavy atom. The van der Waals surface area contributed by atoms with Gasteiger partial charge < -0.3 is 16.0 Å². The van der Waals surface area contributed by atoms with Crippen LogP contribution in [0.3, 0.4) is 0 Å². The van der Waals surface area contributed by atoms with Gasteiger partial charge in [-0.05, 0) is 25.7 Å². The molecule has 0 aromatic heterocycles. The molecule has 0 radical (unpaired) electrons. The molecule has 1 aliphatic carbocycles. The summed E-state index contributed by atoms with van der Waals surface area (Å²) >= 11 is 0. The normalized spacial score (nSPS) is 17.3. The molecule has 0 spiro atoms. The summed E-state index contributed by atoms with van der Waals surface area (Å²) in [6.07, 6.45) is 4.94. The van der Waals surface area contributed by atoms with Gasteiger partial charge in [-0.3, -0.25) is 4.79 Å². The summed E-state index contributed by atoms with van der Waals surface area (Å²) in [5.74, 6) is 0.431. The third kappa shape index (κ3) is 6.45. The van der Waals surface area contributed by atoms with Crippen LogP contribution in [-0.4, -0.2) is 30.6 Å². The zero-order valence-electron chi connectivity index (χ0n) is 12.3. The number of hydrogen-bond donors (Lipinski definition) is 3. The fraction of sp³-hybridized carbons (Fsp3) is 0.857. The predicted octanol–water partition coefficient (Wildman–Crippen LogP) is 1.78. The van der Waals surface area contributed by atoms with E-state index < -0.39 is 0 Å². The summed E-state index contributed by atoms with van der Waals surface area (Å²) in [6.45, 7) is 6.46. The maximum absolute atomic E-state index is 11.6. The van der Waals surface area contributed by atoms with E-state index in [9.17, 15) is 9.59 Å². The Morgan fingerprint density at radius 1 is 1.16 bits per heavy atom. The van der Waals surface area contributed by atoms with Crippen molar-refractivity contribution in [3.05, 3.63) is 0 Å². The molecular weight excluding hydrogens is 242 g/mol. The fourth-order valence-electron chi connectivity index (χ4n) is 2.08. The van der Waals surface area contributed by atoms with E-state index in [1.54, 1.807) is 0 Å². The van der Waals surface area contributed by atoms with E-state index in [1.165, 1.54) is 12.8 Å². The number of hydrogen-bond acceptors (Lipinski definition) is 2. The van der Waals surface area contributed by atoms with Crippen molar-refractivity contribution >= 4 is 11.9 Å². The van der Waals surface area contributed by atoms with Crippen LogP contribution in [0.2, 0.25) is 0 Å². The standard InChI is InChI=1S/C14H27N3O2/c1-10(2)11(3)16-14(19)15-9-8-13(18)17-12-6-4-5-7-12/h10-12H,4-9H2,1-3H3,(H,17,18)(H2,15,16,19). The van der Waals surface area contributed by atoms with Crippen molar-refractivity contribution in [3.63, 3.8) is 0 Å². The van der Waals surface area contributed by atoms with Gasteiger partial charge in [-0.25, -0.2) is 4.79 Å². The highest BCUT2D eigenvalue weighted by Gasteiger charge is 2.17. The lowest BCUT2D eigenvalue weighted by atomic mass is 10.1. The number of nitrogens with one attached hydrogen (secondary N) is 3. The van der Waals surface area contributed by atoms with Crippen LogP contribution in [0.4, 0.5) is 4.79 Å². The van der Waals surface area contributed by atoms with Crippen LogP contribution >= 0.6 is 0 Å². The Kier molecular flexibility index (Phi) is 6.67. The second kappa shape index (κ2) is 8.02. The molecule has 0 aromatic rings. The van der Waals surface area contributed by atoms with Crippen molar-refractivity contribution < 1.29 is 9.59 Å². The Bertz CT molecular complexity index is 283. The molecule has 1 atom stereocenters. The highest BCUT2D eigenvalue weighted by molar-refractivity contribution is 5.78. The second-order valence-corrected chi connectivity index (χ2v) is 5.73. The number of carbonyl (C=O) groups excluding carboxylic acids is 2. The number of urea groups is 1. The molecule has 19 heavy (non-hydrogen) atoms. The average Bonchev–Trinajstić information content (AvgIpc) is 2.81. The Labute approximate surface area is 115 Å². The van der Waals surface area contributed by atoms with E-state index >= 15 is 0 Å². The number of rotatable bonds is 6. The quantitative estimate of drug-likeness (QED) is 0.688. The average molecular weight is 269 g/mol. The topological polar surface area (TPSA) is 70.2 Å². The number of carbonyl (C=O) groups is 2. The SMILES string of the molecule is CC(C)C(C)NC(=O)NCCC(=O)NC1CCCC1. The van der Waals surface area contributed by atoms with Crippen LogP contribution in [0.25, 0.3) is 0 Å². The molecule has 110 valence electrons. The van der Waals surface area contributed by atoms with Crippen LogP contribution in [0, 0.1) is 5.92 Å². The lowest BCUT2D eigenvalue weighted by molar-refractivity contribution is -0.121. The van der Waals surface area contributed by atoms with Gasteiger partial charge in [0.15, 0.2) is 0 Å². The highest BCUT2D eigenvalue weighted by Crippen LogP contribution is 2.17. The van der Waals surface area contributed by atoms with Gasteiger partial charge in [-0.1, -0.05) is 26.7 Å². The first-order valence-electron chi connectivity index (χ1n) is 7.32. The molecule has 1 rings (SSSR count). The molecule has 1 fully saturated rings. The highest BCUT2D eigenvalue weighted by atomic mass is 16.2. The lowest BCUT2D eigenvalue weighted by Gasteiger charge is -2.18. The molecule has 1 unspecified atom stereocenters. The van der Waals surface area contributed by atoms with E-state index in [4.69, 9.17) is 0 Å². The van der Waals surface area contributed by atoms with Crippen molar-refractivity contribution in [2.45, 2.75) is 65.0 Å². The van der Waals surface area contributed by atoms with Crippen molar-refractivity contribution in [2.24, 2.45) is 5.92 Å². The van der Waals surface area contributed by atoms with Gasteiger partial charge in [0.2, 0.25) is 5.91 Å². The maximum atomic E-state index is 11.6. The summed E-state index contributed by atoms with van der Waals surface area (Å²) in [7, 11) is 0. The first-order valence-corrected chi connectivity index (χ1v) is 7.32. The maximum Gasteiger partial charge on any atom is 0.315 e. The van der Waals surface area contributed by atoms with Crippen LogP contribution < -0.4 is 16.0 Å². The molecule has 0 aliphatic heterocycles.